The number of carbonyl (C=O) groups is 2. The predicted octanol–water partition coefficient (Wildman–Crippen LogP) is 2.26. The Hall–Kier alpha value is -1.56. The van der Waals surface area contributed by atoms with Crippen molar-refractivity contribution in [2.24, 2.45) is 0 Å². The van der Waals surface area contributed by atoms with Crippen molar-refractivity contribution in [3.8, 4) is 0 Å². The molecular weight excluding hydrogens is 286 g/mol. The van der Waals surface area contributed by atoms with Gasteiger partial charge in [0.15, 0.2) is 0 Å². The van der Waals surface area contributed by atoms with E-state index < -0.39 is 0 Å². The van der Waals surface area contributed by atoms with E-state index in [0.29, 0.717) is 19.0 Å². The molecule has 3 rings (SSSR count). The van der Waals surface area contributed by atoms with Gasteiger partial charge >= 0.3 is 6.03 Å². The van der Waals surface area contributed by atoms with Gasteiger partial charge in [0.1, 0.15) is 0 Å². The number of hydrogen-bond donors (Lipinski definition) is 2. The smallest absolute Gasteiger partial charge is 0.315 e. The summed E-state index contributed by atoms with van der Waals surface area (Å²) in [5, 5.41) is 7.96. The van der Waals surface area contributed by atoms with Gasteiger partial charge in [0.2, 0.25) is 5.91 Å². The zero-order chi connectivity index (χ0) is 14.8. The number of amides is 3. The van der Waals surface area contributed by atoms with Crippen LogP contribution >= 0.6 is 11.3 Å². The van der Waals surface area contributed by atoms with Crippen LogP contribution in [-0.2, 0) is 4.79 Å². The second-order valence-corrected chi connectivity index (χ2v) is 6.75. The lowest BCUT2D eigenvalue weighted by molar-refractivity contribution is -0.128. The highest BCUT2D eigenvalue weighted by atomic mass is 32.1. The van der Waals surface area contributed by atoms with Crippen LogP contribution in [0.4, 0.5) is 4.79 Å². The highest BCUT2D eigenvalue weighted by Gasteiger charge is 2.39. The molecule has 0 radical (unpaired) electrons. The standard InChI is InChI=1S/C15H21N3O2S/c1-2-12(13-4-3-7-21-13)17-15(20)16-10-8-14(19)18(9-10)11-5-6-11/h3-4,7,10-12H,2,5-6,8-9H2,1H3,(H2,16,17,20)/t10-,12+/m1/s1. The van der Waals surface area contributed by atoms with Crippen molar-refractivity contribution in [2.75, 3.05) is 6.54 Å². The van der Waals surface area contributed by atoms with E-state index in [-0.39, 0.29) is 24.0 Å². The van der Waals surface area contributed by atoms with Gasteiger partial charge in [-0.15, -0.1) is 11.3 Å². The van der Waals surface area contributed by atoms with Crippen molar-refractivity contribution >= 4 is 23.3 Å². The Bertz CT molecular complexity index is 513. The topological polar surface area (TPSA) is 61.4 Å². The molecule has 6 heteroatoms. The zero-order valence-electron chi connectivity index (χ0n) is 12.2. The number of rotatable bonds is 5. The van der Waals surface area contributed by atoms with Gasteiger partial charge in [0.05, 0.1) is 12.1 Å². The third kappa shape index (κ3) is 3.37. The molecule has 2 N–H and O–H groups in total. The van der Waals surface area contributed by atoms with Crippen molar-refractivity contribution in [3.05, 3.63) is 22.4 Å². The van der Waals surface area contributed by atoms with Crippen LogP contribution in [0.15, 0.2) is 17.5 Å². The lowest BCUT2D eigenvalue weighted by atomic mass is 10.2. The first-order valence-corrected chi connectivity index (χ1v) is 8.45. The molecule has 2 fully saturated rings. The summed E-state index contributed by atoms with van der Waals surface area (Å²) in [5.41, 5.74) is 0. The van der Waals surface area contributed by atoms with E-state index >= 15 is 0 Å². The molecule has 114 valence electrons. The molecule has 1 aliphatic heterocycles. The van der Waals surface area contributed by atoms with Gasteiger partial charge in [-0.1, -0.05) is 13.0 Å². The van der Waals surface area contributed by atoms with Crippen LogP contribution in [-0.4, -0.2) is 35.5 Å². The maximum absolute atomic E-state index is 12.1. The van der Waals surface area contributed by atoms with Gasteiger partial charge in [-0.05, 0) is 30.7 Å². The number of nitrogens with one attached hydrogen (secondary N) is 2. The summed E-state index contributed by atoms with van der Waals surface area (Å²) >= 11 is 1.65. The molecule has 21 heavy (non-hydrogen) atoms. The first-order chi connectivity index (χ1) is 10.2. The Morgan fingerprint density at radius 1 is 1.52 bits per heavy atom. The van der Waals surface area contributed by atoms with E-state index in [1.54, 1.807) is 11.3 Å². The molecule has 0 bridgehead atoms. The Kier molecular flexibility index (Phi) is 4.14. The van der Waals surface area contributed by atoms with Crippen molar-refractivity contribution < 1.29 is 9.59 Å². The molecule has 1 aromatic heterocycles. The molecule has 1 saturated carbocycles. The second kappa shape index (κ2) is 6.05. The van der Waals surface area contributed by atoms with Crippen LogP contribution in [0.5, 0.6) is 0 Å². The van der Waals surface area contributed by atoms with E-state index in [4.69, 9.17) is 0 Å². The molecule has 0 unspecified atom stereocenters. The number of carbonyl (C=O) groups excluding carboxylic acids is 2. The number of hydrogen-bond acceptors (Lipinski definition) is 3. The van der Waals surface area contributed by atoms with Crippen LogP contribution in [0, 0.1) is 0 Å². The van der Waals surface area contributed by atoms with Crippen molar-refractivity contribution in [1.82, 2.24) is 15.5 Å². The fourth-order valence-corrected chi connectivity index (χ4v) is 3.68. The Balaban J connectivity index is 1.51. The van der Waals surface area contributed by atoms with Crippen molar-refractivity contribution in [1.29, 1.82) is 0 Å². The van der Waals surface area contributed by atoms with Gasteiger partial charge in [0.25, 0.3) is 0 Å². The van der Waals surface area contributed by atoms with Crippen LogP contribution < -0.4 is 10.6 Å². The fourth-order valence-electron chi connectivity index (χ4n) is 2.82. The normalized spacial score (nSPS) is 23.2. The summed E-state index contributed by atoms with van der Waals surface area (Å²) in [6, 6.07) is 4.27. The molecule has 2 heterocycles. The van der Waals surface area contributed by atoms with Crippen molar-refractivity contribution in [3.63, 3.8) is 0 Å². The summed E-state index contributed by atoms with van der Waals surface area (Å²) in [7, 11) is 0. The molecule has 3 amide bonds. The molecule has 0 spiro atoms. The number of likely N-dealkylation sites (tertiary alicyclic amines) is 1. The number of thiophene rings is 1. The molecule has 1 saturated heterocycles. The van der Waals surface area contributed by atoms with Gasteiger partial charge in [0, 0.05) is 23.9 Å². The Morgan fingerprint density at radius 2 is 2.33 bits per heavy atom. The molecule has 1 aromatic rings. The van der Waals surface area contributed by atoms with E-state index in [9.17, 15) is 9.59 Å². The minimum atomic E-state index is -0.175. The van der Waals surface area contributed by atoms with Gasteiger partial charge < -0.3 is 15.5 Å². The summed E-state index contributed by atoms with van der Waals surface area (Å²) in [5.74, 6) is 0.174. The maximum Gasteiger partial charge on any atom is 0.315 e. The number of nitrogens with zero attached hydrogens (tertiary/aromatic N) is 1. The molecular formula is C15H21N3O2S. The molecule has 2 aliphatic rings. The molecule has 5 nitrogen and oxygen atoms in total. The van der Waals surface area contributed by atoms with Gasteiger partial charge in [-0.2, -0.15) is 0 Å². The third-order valence-electron chi connectivity index (χ3n) is 4.08. The molecule has 2 atom stereocenters. The third-order valence-corrected chi connectivity index (χ3v) is 5.07. The van der Waals surface area contributed by atoms with Crippen molar-refractivity contribution in [2.45, 2.75) is 50.7 Å². The monoisotopic (exact) mass is 307 g/mol. The number of urea groups is 1. The minimum Gasteiger partial charge on any atom is -0.338 e. The SMILES string of the molecule is CC[C@H](NC(=O)N[C@@H]1CC(=O)N(C2CC2)C1)c1cccs1. The van der Waals surface area contributed by atoms with E-state index in [1.807, 2.05) is 22.4 Å². The van der Waals surface area contributed by atoms with Crippen LogP contribution in [0.25, 0.3) is 0 Å². The van der Waals surface area contributed by atoms with Crippen LogP contribution in [0.2, 0.25) is 0 Å². The minimum absolute atomic E-state index is 0.0432. The first-order valence-electron chi connectivity index (χ1n) is 7.57. The fraction of sp³-hybridized carbons (Fsp3) is 0.600. The molecule has 1 aliphatic carbocycles. The van der Waals surface area contributed by atoms with Gasteiger partial charge in [-0.3, -0.25) is 4.79 Å². The highest BCUT2D eigenvalue weighted by Crippen LogP contribution is 2.30. The summed E-state index contributed by atoms with van der Waals surface area (Å²) in [4.78, 5) is 27.1. The van der Waals surface area contributed by atoms with E-state index in [1.165, 1.54) is 0 Å². The highest BCUT2D eigenvalue weighted by molar-refractivity contribution is 7.10. The average Bonchev–Trinajstić information content (AvgIpc) is 3.02. The van der Waals surface area contributed by atoms with Gasteiger partial charge in [-0.25, -0.2) is 4.79 Å². The largest absolute Gasteiger partial charge is 0.338 e. The van der Waals surface area contributed by atoms with Crippen LogP contribution in [0.3, 0.4) is 0 Å². The van der Waals surface area contributed by atoms with E-state index in [0.717, 1.165) is 24.1 Å². The Labute approximate surface area is 128 Å². The quantitative estimate of drug-likeness (QED) is 0.876. The summed E-state index contributed by atoms with van der Waals surface area (Å²) in [6.07, 6.45) is 3.51. The molecule has 0 aromatic carbocycles. The summed E-state index contributed by atoms with van der Waals surface area (Å²) < 4.78 is 0. The second-order valence-electron chi connectivity index (χ2n) is 5.77. The predicted molar refractivity (Wildman–Crippen MR) is 82.2 cm³/mol. The lowest BCUT2D eigenvalue weighted by Crippen LogP contribution is -2.44. The zero-order valence-corrected chi connectivity index (χ0v) is 13.0. The lowest BCUT2D eigenvalue weighted by Gasteiger charge is -2.19. The van der Waals surface area contributed by atoms with Crippen LogP contribution in [0.1, 0.15) is 43.5 Å². The average molecular weight is 307 g/mol. The van der Waals surface area contributed by atoms with E-state index in [2.05, 4.69) is 17.6 Å². The maximum atomic E-state index is 12.1. The summed E-state index contributed by atoms with van der Waals surface area (Å²) in [6.45, 7) is 2.71. The Morgan fingerprint density at radius 3 is 2.95 bits per heavy atom. The first kappa shape index (κ1) is 14.4.